The lowest BCUT2D eigenvalue weighted by Crippen LogP contribution is -2.66. The minimum Gasteiger partial charge on any atom is -0.390 e. The molecule has 0 saturated carbocycles. The van der Waals surface area contributed by atoms with E-state index in [0.717, 1.165) is 4.90 Å². The van der Waals surface area contributed by atoms with E-state index in [9.17, 15) is 25.2 Å². The van der Waals surface area contributed by atoms with Crippen LogP contribution in [0.25, 0.3) is 0 Å². The highest BCUT2D eigenvalue weighted by molar-refractivity contribution is 6.14. The van der Waals surface area contributed by atoms with Crippen molar-refractivity contribution in [1.82, 2.24) is 20.2 Å². The number of anilines is 1. The van der Waals surface area contributed by atoms with Crippen molar-refractivity contribution in [3.05, 3.63) is 53.5 Å². The van der Waals surface area contributed by atoms with Crippen LogP contribution in [-0.4, -0.2) is 93.1 Å². The van der Waals surface area contributed by atoms with Gasteiger partial charge in [-0.25, -0.2) is 14.9 Å². The molecule has 1 amide bonds. The second-order valence-corrected chi connectivity index (χ2v) is 7.99. The number of carbonyl (C=O) groups is 1. The van der Waals surface area contributed by atoms with Gasteiger partial charge in [0, 0.05) is 31.1 Å². The van der Waals surface area contributed by atoms with Gasteiger partial charge < -0.3 is 35.8 Å². The molecule has 2 aliphatic heterocycles. The Balaban J connectivity index is 1.38. The Morgan fingerprint density at radius 2 is 2.03 bits per heavy atom. The molecule has 2 radical (unpaired) electrons. The molecule has 2 unspecified atom stereocenters. The number of nitrogens with one attached hydrogen (secondary N) is 2. The molecular formula is C20H24BN5O6. The van der Waals surface area contributed by atoms with Crippen LogP contribution in [0.1, 0.15) is 21.6 Å². The molecule has 2 atom stereocenters. The lowest BCUT2D eigenvalue weighted by molar-refractivity contribution is -0.330. The number of aliphatic hydroxyl groups is 4. The van der Waals surface area contributed by atoms with E-state index in [-0.39, 0.29) is 30.3 Å². The molecule has 3 heterocycles. The fraction of sp³-hybridized carbons (Fsp3) is 0.450. The SMILES string of the molecule is [B]C1(O)Cc2ccccc2C(O)(O)N1CC(O)CNC(=O)c1cc(NC2COC2)ncn1. The van der Waals surface area contributed by atoms with Gasteiger partial charge in [-0.15, -0.1) is 0 Å². The molecule has 12 heteroatoms. The molecule has 4 rings (SSSR count). The van der Waals surface area contributed by atoms with Gasteiger partial charge >= 0.3 is 0 Å². The van der Waals surface area contributed by atoms with Gasteiger partial charge in [0.25, 0.3) is 11.8 Å². The number of nitrogens with zero attached hydrogens (tertiary/aromatic N) is 3. The summed E-state index contributed by atoms with van der Waals surface area (Å²) in [5.41, 5.74) is -1.40. The topological polar surface area (TPSA) is 160 Å². The van der Waals surface area contributed by atoms with Crippen molar-refractivity contribution in [3.63, 3.8) is 0 Å². The highest BCUT2D eigenvalue weighted by atomic mass is 16.5. The third-order valence-electron chi connectivity index (χ3n) is 5.45. The molecule has 0 aliphatic carbocycles. The molecule has 168 valence electrons. The summed E-state index contributed by atoms with van der Waals surface area (Å²) in [6.07, 6.45) is -0.100. The second kappa shape index (κ2) is 8.73. The number of amides is 1. The van der Waals surface area contributed by atoms with Crippen LogP contribution in [-0.2, 0) is 17.1 Å². The van der Waals surface area contributed by atoms with E-state index in [1.54, 1.807) is 18.2 Å². The molecule has 1 fully saturated rings. The van der Waals surface area contributed by atoms with Crippen molar-refractivity contribution in [3.8, 4) is 0 Å². The van der Waals surface area contributed by atoms with E-state index in [0.29, 0.717) is 24.6 Å². The third kappa shape index (κ3) is 4.60. The maximum absolute atomic E-state index is 12.4. The molecule has 0 spiro atoms. The van der Waals surface area contributed by atoms with Crippen LogP contribution in [0.5, 0.6) is 0 Å². The number of β-amino-alcohol motifs (C(OH)–C–C–N with tert-alkyl or cyclic N) is 1. The lowest BCUT2D eigenvalue weighted by Gasteiger charge is -2.50. The Labute approximate surface area is 185 Å². The summed E-state index contributed by atoms with van der Waals surface area (Å²) in [7, 11) is 5.91. The normalized spacial score (nSPS) is 23.6. The number of rotatable bonds is 7. The van der Waals surface area contributed by atoms with Gasteiger partial charge in [-0.05, 0) is 5.56 Å². The highest BCUT2D eigenvalue weighted by Gasteiger charge is 2.49. The van der Waals surface area contributed by atoms with Crippen molar-refractivity contribution >= 4 is 19.6 Å². The fourth-order valence-electron chi connectivity index (χ4n) is 3.74. The first-order chi connectivity index (χ1) is 15.2. The largest absolute Gasteiger partial charge is 0.390 e. The van der Waals surface area contributed by atoms with E-state index in [1.165, 1.54) is 18.5 Å². The Morgan fingerprint density at radius 3 is 2.75 bits per heavy atom. The molecule has 0 bridgehead atoms. The number of benzene rings is 1. The maximum atomic E-state index is 12.4. The van der Waals surface area contributed by atoms with Crippen LogP contribution < -0.4 is 10.6 Å². The smallest absolute Gasteiger partial charge is 0.270 e. The number of ether oxygens (including phenoxy) is 1. The first-order valence-electron chi connectivity index (χ1n) is 10.1. The molecule has 1 aromatic heterocycles. The van der Waals surface area contributed by atoms with Crippen molar-refractivity contribution < 1.29 is 30.0 Å². The highest BCUT2D eigenvalue weighted by Crippen LogP contribution is 2.37. The minimum absolute atomic E-state index is 0.0755. The van der Waals surface area contributed by atoms with Gasteiger partial charge in [-0.3, -0.25) is 4.79 Å². The quantitative estimate of drug-likeness (QED) is 0.206. The van der Waals surface area contributed by atoms with E-state index in [1.807, 2.05) is 0 Å². The summed E-state index contributed by atoms with van der Waals surface area (Å²) in [5.74, 6) is -2.68. The maximum Gasteiger partial charge on any atom is 0.270 e. The monoisotopic (exact) mass is 441 g/mol. The van der Waals surface area contributed by atoms with Crippen molar-refractivity contribution in [2.24, 2.45) is 0 Å². The number of hydrogen-bond donors (Lipinski definition) is 6. The Kier molecular flexibility index (Phi) is 6.16. The predicted molar refractivity (Wildman–Crippen MR) is 112 cm³/mol. The van der Waals surface area contributed by atoms with Crippen LogP contribution in [0.3, 0.4) is 0 Å². The van der Waals surface area contributed by atoms with Gasteiger partial charge in [0.2, 0.25) is 0 Å². The second-order valence-electron chi connectivity index (χ2n) is 7.99. The van der Waals surface area contributed by atoms with E-state index < -0.39 is 30.1 Å². The van der Waals surface area contributed by atoms with Crippen LogP contribution in [0.4, 0.5) is 5.82 Å². The summed E-state index contributed by atoms with van der Waals surface area (Å²) in [5, 5.41) is 48.0. The summed E-state index contributed by atoms with van der Waals surface area (Å²) in [6, 6.07) is 8.06. The van der Waals surface area contributed by atoms with Gasteiger partial charge in [-0.2, -0.15) is 0 Å². The Morgan fingerprint density at radius 1 is 1.28 bits per heavy atom. The molecule has 1 aromatic carbocycles. The first-order valence-corrected chi connectivity index (χ1v) is 10.1. The summed E-state index contributed by atoms with van der Waals surface area (Å²) < 4.78 is 5.08. The van der Waals surface area contributed by atoms with Gasteiger partial charge in [0.05, 0.1) is 31.0 Å². The lowest BCUT2D eigenvalue weighted by atomic mass is 9.77. The van der Waals surface area contributed by atoms with Crippen LogP contribution >= 0.6 is 0 Å². The predicted octanol–water partition coefficient (Wildman–Crippen LogP) is -2.15. The zero-order valence-electron chi connectivity index (χ0n) is 17.2. The van der Waals surface area contributed by atoms with Gasteiger partial charge in [-0.1, -0.05) is 24.3 Å². The number of aromatic nitrogens is 2. The summed E-state index contributed by atoms with van der Waals surface area (Å²) in [4.78, 5) is 21.2. The molecule has 1 saturated heterocycles. The average molecular weight is 441 g/mol. The third-order valence-corrected chi connectivity index (χ3v) is 5.45. The van der Waals surface area contributed by atoms with Crippen molar-refractivity contribution in [2.45, 2.75) is 30.1 Å². The summed E-state index contributed by atoms with van der Waals surface area (Å²) in [6.45, 7) is 0.450. The first kappa shape index (κ1) is 22.6. The number of hydrogen-bond acceptors (Lipinski definition) is 10. The minimum atomic E-state index is -2.61. The molecular weight excluding hydrogens is 417 g/mol. The molecule has 2 aliphatic rings. The van der Waals surface area contributed by atoms with Crippen LogP contribution in [0.15, 0.2) is 36.7 Å². The Hall–Kier alpha value is -2.61. The van der Waals surface area contributed by atoms with Gasteiger partial charge in [0.1, 0.15) is 25.7 Å². The average Bonchev–Trinajstić information content (AvgIpc) is 2.72. The number of aliphatic hydroxyl groups excluding tert-OH is 1. The molecule has 6 N–H and O–H groups in total. The van der Waals surface area contributed by atoms with E-state index in [4.69, 9.17) is 12.6 Å². The molecule has 32 heavy (non-hydrogen) atoms. The van der Waals surface area contributed by atoms with E-state index >= 15 is 0 Å². The van der Waals surface area contributed by atoms with Crippen LogP contribution in [0.2, 0.25) is 0 Å². The van der Waals surface area contributed by atoms with E-state index in [2.05, 4.69) is 20.6 Å². The molecule has 2 aromatic rings. The van der Waals surface area contributed by atoms with Crippen LogP contribution in [0, 0.1) is 0 Å². The number of fused-ring (bicyclic) bond motifs is 1. The standard InChI is InChI=1S/C20H24BN5O6/c21-19(29)6-12-3-1-2-4-15(12)20(30,31)26(19)8-14(27)7-22-18(28)16-5-17(24-11-23-16)25-13-9-32-10-13/h1-5,11,13-14,27,29-31H,6-10H2,(H,22,28)(H,23,24,25). The zero-order valence-corrected chi connectivity index (χ0v) is 17.2. The van der Waals surface area contributed by atoms with Crippen molar-refractivity contribution in [1.29, 1.82) is 0 Å². The Bertz CT molecular complexity index is 986. The fourth-order valence-corrected chi connectivity index (χ4v) is 3.74. The zero-order chi connectivity index (χ0) is 22.9. The summed E-state index contributed by atoms with van der Waals surface area (Å²) >= 11 is 0. The molecule has 11 nitrogen and oxygen atoms in total. The van der Waals surface area contributed by atoms with Crippen molar-refractivity contribution in [2.75, 3.05) is 31.6 Å². The van der Waals surface area contributed by atoms with Gasteiger partial charge in [0.15, 0.2) is 0 Å². The number of carbonyl (C=O) groups excluding carboxylic acids is 1.